The SMILES string of the molecule is CCc1ccc(C(=O)CSc2nc(CC(=O)Nc3ccc(C)cc3)cs2)cc1. The van der Waals surface area contributed by atoms with E-state index in [1.54, 1.807) is 0 Å². The summed E-state index contributed by atoms with van der Waals surface area (Å²) >= 11 is 2.88. The van der Waals surface area contributed by atoms with E-state index in [0.29, 0.717) is 5.75 Å². The summed E-state index contributed by atoms with van der Waals surface area (Å²) in [4.78, 5) is 29.0. The second-order valence-corrected chi connectivity index (χ2v) is 8.54. The van der Waals surface area contributed by atoms with Crippen molar-refractivity contribution in [2.75, 3.05) is 11.1 Å². The molecule has 0 aliphatic carbocycles. The zero-order valence-electron chi connectivity index (χ0n) is 15.9. The van der Waals surface area contributed by atoms with Crippen LogP contribution in [-0.4, -0.2) is 22.4 Å². The molecule has 0 unspecified atom stereocenters. The van der Waals surface area contributed by atoms with Gasteiger partial charge in [-0.15, -0.1) is 11.3 Å². The van der Waals surface area contributed by atoms with Crippen LogP contribution in [-0.2, 0) is 17.6 Å². The molecule has 3 aromatic rings. The fraction of sp³-hybridized carbons (Fsp3) is 0.227. The van der Waals surface area contributed by atoms with Crippen LogP contribution in [0.2, 0.25) is 0 Å². The molecule has 1 heterocycles. The lowest BCUT2D eigenvalue weighted by Crippen LogP contribution is -2.14. The summed E-state index contributed by atoms with van der Waals surface area (Å²) in [7, 11) is 0. The Kier molecular flexibility index (Phi) is 7.01. The lowest BCUT2D eigenvalue weighted by molar-refractivity contribution is -0.115. The van der Waals surface area contributed by atoms with E-state index in [2.05, 4.69) is 17.2 Å². The number of aryl methyl sites for hydroxylation is 2. The summed E-state index contributed by atoms with van der Waals surface area (Å²) in [5.74, 6) is 0.327. The second kappa shape index (κ2) is 9.66. The highest BCUT2D eigenvalue weighted by Crippen LogP contribution is 2.24. The molecule has 1 amide bonds. The number of Topliss-reactive ketones (excluding diaryl/α,β-unsaturated/α-hetero) is 1. The first-order valence-corrected chi connectivity index (χ1v) is 11.0. The van der Waals surface area contributed by atoms with Gasteiger partial charge in [0.1, 0.15) is 0 Å². The topological polar surface area (TPSA) is 59.1 Å². The van der Waals surface area contributed by atoms with Gasteiger partial charge in [-0.1, -0.05) is 60.6 Å². The number of rotatable bonds is 8. The molecule has 0 radical (unpaired) electrons. The zero-order valence-corrected chi connectivity index (χ0v) is 17.5. The number of hydrogen-bond acceptors (Lipinski definition) is 5. The number of aromatic nitrogens is 1. The number of anilines is 1. The molecule has 0 aliphatic rings. The van der Waals surface area contributed by atoms with E-state index in [4.69, 9.17) is 0 Å². The molecule has 1 N–H and O–H groups in total. The molecule has 0 saturated heterocycles. The Morgan fingerprint density at radius 3 is 2.46 bits per heavy atom. The van der Waals surface area contributed by atoms with Gasteiger partial charge in [0, 0.05) is 16.6 Å². The van der Waals surface area contributed by atoms with Gasteiger partial charge >= 0.3 is 0 Å². The smallest absolute Gasteiger partial charge is 0.230 e. The Morgan fingerprint density at radius 1 is 1.07 bits per heavy atom. The number of amides is 1. The van der Waals surface area contributed by atoms with Gasteiger partial charge in [0.2, 0.25) is 5.91 Å². The van der Waals surface area contributed by atoms with Crippen LogP contribution < -0.4 is 5.32 Å². The summed E-state index contributed by atoms with van der Waals surface area (Å²) in [6.45, 7) is 4.10. The first-order valence-electron chi connectivity index (χ1n) is 9.09. The Morgan fingerprint density at radius 2 is 1.79 bits per heavy atom. The molecule has 6 heteroatoms. The number of thioether (sulfide) groups is 1. The van der Waals surface area contributed by atoms with E-state index >= 15 is 0 Å². The highest BCUT2D eigenvalue weighted by Gasteiger charge is 2.11. The number of carbonyl (C=O) groups excluding carboxylic acids is 2. The lowest BCUT2D eigenvalue weighted by Gasteiger charge is -2.04. The van der Waals surface area contributed by atoms with Gasteiger partial charge in [-0.05, 0) is 31.0 Å². The van der Waals surface area contributed by atoms with Crippen LogP contribution in [0.15, 0.2) is 58.3 Å². The number of thiazole rings is 1. The van der Waals surface area contributed by atoms with Crippen molar-refractivity contribution in [2.24, 2.45) is 0 Å². The normalized spacial score (nSPS) is 10.6. The highest BCUT2D eigenvalue weighted by atomic mass is 32.2. The minimum atomic E-state index is -0.0993. The van der Waals surface area contributed by atoms with Gasteiger partial charge in [0.25, 0.3) is 0 Å². The Labute approximate surface area is 173 Å². The fourth-order valence-electron chi connectivity index (χ4n) is 2.58. The van der Waals surface area contributed by atoms with Crippen molar-refractivity contribution in [2.45, 2.75) is 31.0 Å². The largest absolute Gasteiger partial charge is 0.326 e. The van der Waals surface area contributed by atoms with Crippen molar-refractivity contribution in [3.05, 3.63) is 76.3 Å². The van der Waals surface area contributed by atoms with E-state index in [1.807, 2.05) is 60.8 Å². The van der Waals surface area contributed by atoms with Crippen molar-refractivity contribution >= 4 is 40.5 Å². The number of nitrogens with zero attached hydrogens (tertiary/aromatic N) is 1. The third kappa shape index (κ3) is 5.78. The van der Waals surface area contributed by atoms with Crippen molar-refractivity contribution in [1.29, 1.82) is 0 Å². The van der Waals surface area contributed by atoms with E-state index in [1.165, 1.54) is 28.7 Å². The van der Waals surface area contributed by atoms with Crippen LogP contribution in [0, 0.1) is 6.92 Å². The van der Waals surface area contributed by atoms with Crippen LogP contribution in [0.3, 0.4) is 0 Å². The average Bonchev–Trinajstić information content (AvgIpc) is 3.15. The van der Waals surface area contributed by atoms with Crippen LogP contribution in [0.5, 0.6) is 0 Å². The maximum atomic E-state index is 12.3. The van der Waals surface area contributed by atoms with Crippen LogP contribution in [0.25, 0.3) is 0 Å². The molecule has 0 saturated carbocycles. The molecule has 144 valence electrons. The molecule has 0 aliphatic heterocycles. The van der Waals surface area contributed by atoms with Crippen LogP contribution in [0.1, 0.15) is 34.1 Å². The molecule has 0 atom stereocenters. The molecule has 28 heavy (non-hydrogen) atoms. The van der Waals surface area contributed by atoms with Gasteiger partial charge in [-0.3, -0.25) is 9.59 Å². The van der Waals surface area contributed by atoms with Crippen molar-refractivity contribution < 1.29 is 9.59 Å². The third-order valence-electron chi connectivity index (χ3n) is 4.22. The molecule has 4 nitrogen and oxygen atoms in total. The summed E-state index contributed by atoms with van der Waals surface area (Å²) in [6.07, 6.45) is 1.18. The van der Waals surface area contributed by atoms with Gasteiger partial charge in [-0.2, -0.15) is 0 Å². The molecular weight excluding hydrogens is 388 g/mol. The standard InChI is InChI=1S/C22H22N2O2S2/c1-3-16-6-8-17(9-7-16)20(25)14-28-22-24-19(13-27-22)12-21(26)23-18-10-4-15(2)5-11-18/h4-11,13H,3,12,14H2,1-2H3,(H,23,26). The monoisotopic (exact) mass is 410 g/mol. The second-order valence-electron chi connectivity index (χ2n) is 6.46. The molecule has 2 aromatic carbocycles. The summed E-state index contributed by atoms with van der Waals surface area (Å²) in [6, 6.07) is 15.4. The van der Waals surface area contributed by atoms with E-state index in [-0.39, 0.29) is 18.1 Å². The lowest BCUT2D eigenvalue weighted by atomic mass is 10.1. The quantitative estimate of drug-likeness (QED) is 0.411. The summed E-state index contributed by atoms with van der Waals surface area (Å²) < 4.78 is 0.802. The Balaban J connectivity index is 1.49. The number of hydrogen-bond donors (Lipinski definition) is 1. The molecule has 0 spiro atoms. The fourth-order valence-corrected chi connectivity index (χ4v) is 4.32. The maximum Gasteiger partial charge on any atom is 0.230 e. The predicted molar refractivity (Wildman–Crippen MR) is 117 cm³/mol. The number of ketones is 1. The molecule has 0 fully saturated rings. The molecule has 3 rings (SSSR count). The van der Waals surface area contributed by atoms with Crippen LogP contribution in [0.4, 0.5) is 5.69 Å². The number of nitrogens with one attached hydrogen (secondary N) is 1. The van der Waals surface area contributed by atoms with Crippen molar-refractivity contribution in [3.63, 3.8) is 0 Å². The first-order chi connectivity index (χ1) is 13.5. The van der Waals surface area contributed by atoms with E-state index < -0.39 is 0 Å². The molecule has 1 aromatic heterocycles. The predicted octanol–water partition coefficient (Wildman–Crippen LogP) is 5.17. The van der Waals surface area contributed by atoms with E-state index in [0.717, 1.165) is 33.3 Å². The van der Waals surface area contributed by atoms with Gasteiger partial charge in [0.15, 0.2) is 10.1 Å². The van der Waals surface area contributed by atoms with Crippen molar-refractivity contribution in [1.82, 2.24) is 4.98 Å². The minimum absolute atomic E-state index is 0.0847. The maximum absolute atomic E-state index is 12.3. The van der Waals surface area contributed by atoms with Gasteiger partial charge in [0.05, 0.1) is 17.9 Å². The Bertz CT molecular complexity index is 947. The average molecular weight is 411 g/mol. The highest BCUT2D eigenvalue weighted by molar-refractivity contribution is 8.01. The number of carbonyl (C=O) groups is 2. The Hall–Kier alpha value is -2.44. The van der Waals surface area contributed by atoms with Crippen LogP contribution >= 0.6 is 23.1 Å². The van der Waals surface area contributed by atoms with Gasteiger partial charge < -0.3 is 5.32 Å². The van der Waals surface area contributed by atoms with E-state index in [9.17, 15) is 9.59 Å². The third-order valence-corrected chi connectivity index (χ3v) is 6.29. The molecular formula is C22H22N2O2S2. The summed E-state index contributed by atoms with van der Waals surface area (Å²) in [5, 5.41) is 4.75. The number of benzene rings is 2. The molecule has 0 bridgehead atoms. The first kappa shape index (κ1) is 20.3. The van der Waals surface area contributed by atoms with Gasteiger partial charge in [-0.25, -0.2) is 4.98 Å². The minimum Gasteiger partial charge on any atom is -0.326 e. The van der Waals surface area contributed by atoms with Crippen molar-refractivity contribution in [3.8, 4) is 0 Å². The summed E-state index contributed by atoms with van der Waals surface area (Å²) in [5.41, 5.74) is 4.59. The zero-order chi connectivity index (χ0) is 19.9.